The second kappa shape index (κ2) is 6.76. The van der Waals surface area contributed by atoms with Crippen LogP contribution in [0.5, 0.6) is 0 Å². The minimum atomic E-state index is -0.0748. The molecular formula is C18H21N5O2. The summed E-state index contributed by atoms with van der Waals surface area (Å²) in [7, 11) is 0. The lowest BCUT2D eigenvalue weighted by Crippen LogP contribution is -2.43. The number of ether oxygens (including phenoxy) is 1. The molecule has 0 saturated carbocycles. The van der Waals surface area contributed by atoms with Crippen LogP contribution >= 0.6 is 0 Å². The van der Waals surface area contributed by atoms with Crippen LogP contribution in [-0.4, -0.2) is 65.2 Å². The molecule has 2 aromatic heterocycles. The van der Waals surface area contributed by atoms with Crippen LogP contribution in [0.3, 0.4) is 0 Å². The van der Waals surface area contributed by atoms with E-state index in [0.717, 1.165) is 25.3 Å². The number of anilines is 1. The van der Waals surface area contributed by atoms with Crippen LogP contribution < -0.4 is 4.90 Å². The highest BCUT2D eigenvalue weighted by Gasteiger charge is 2.42. The van der Waals surface area contributed by atoms with E-state index >= 15 is 0 Å². The van der Waals surface area contributed by atoms with Gasteiger partial charge in [-0.2, -0.15) is 0 Å². The lowest BCUT2D eigenvalue weighted by atomic mass is 9.87. The fourth-order valence-corrected chi connectivity index (χ4v) is 3.66. The quantitative estimate of drug-likeness (QED) is 0.820. The number of carbonyl (C=O) groups is 1. The van der Waals surface area contributed by atoms with Crippen LogP contribution in [0.15, 0.2) is 43.0 Å². The molecule has 25 heavy (non-hydrogen) atoms. The molecule has 0 aliphatic carbocycles. The molecule has 7 heteroatoms. The van der Waals surface area contributed by atoms with E-state index in [2.05, 4.69) is 19.9 Å². The summed E-state index contributed by atoms with van der Waals surface area (Å²) in [5.41, 5.74) is 0.324. The largest absolute Gasteiger partial charge is 0.379 e. The summed E-state index contributed by atoms with van der Waals surface area (Å²) in [6.45, 7) is 4.24. The number of nitrogens with zero attached hydrogens (tertiary/aromatic N) is 5. The first-order valence-corrected chi connectivity index (χ1v) is 8.55. The van der Waals surface area contributed by atoms with Crippen molar-refractivity contribution < 1.29 is 9.53 Å². The second-order valence-corrected chi connectivity index (χ2v) is 6.73. The summed E-state index contributed by atoms with van der Waals surface area (Å²) in [5, 5.41) is 0. The summed E-state index contributed by atoms with van der Waals surface area (Å²) in [6, 6.07) is 5.95. The maximum atomic E-state index is 12.8. The zero-order valence-electron chi connectivity index (χ0n) is 14.0. The maximum absolute atomic E-state index is 12.8. The predicted molar refractivity (Wildman–Crippen MR) is 92.3 cm³/mol. The van der Waals surface area contributed by atoms with Crippen LogP contribution in [-0.2, 0) is 4.74 Å². The number of aromatic nitrogens is 3. The Bertz CT molecular complexity index is 727. The molecule has 0 radical (unpaired) electrons. The fraction of sp³-hybridized carbons (Fsp3) is 0.444. The van der Waals surface area contributed by atoms with E-state index in [0.29, 0.717) is 32.0 Å². The van der Waals surface area contributed by atoms with Crippen LogP contribution in [0.4, 0.5) is 5.82 Å². The van der Waals surface area contributed by atoms with E-state index in [4.69, 9.17) is 4.74 Å². The standard InChI is InChI=1S/C18H21N5O2/c24-17(15-11-19-6-7-20-15)23-9-10-25-14-18(13-23)4-8-22(12-18)16-3-1-2-5-21-16/h1-3,5-7,11H,4,8-10,12-14H2. The van der Waals surface area contributed by atoms with Gasteiger partial charge in [-0.1, -0.05) is 6.07 Å². The van der Waals surface area contributed by atoms with Gasteiger partial charge in [-0.15, -0.1) is 0 Å². The molecule has 2 fully saturated rings. The number of hydrogen-bond acceptors (Lipinski definition) is 6. The molecule has 0 N–H and O–H groups in total. The van der Waals surface area contributed by atoms with Gasteiger partial charge in [-0.3, -0.25) is 9.78 Å². The maximum Gasteiger partial charge on any atom is 0.274 e. The van der Waals surface area contributed by atoms with Gasteiger partial charge >= 0.3 is 0 Å². The molecule has 4 rings (SSSR count). The molecule has 1 atom stereocenters. The highest BCUT2D eigenvalue weighted by Crippen LogP contribution is 2.35. The minimum absolute atomic E-state index is 0.0636. The first-order valence-electron chi connectivity index (χ1n) is 8.55. The zero-order valence-corrected chi connectivity index (χ0v) is 14.0. The summed E-state index contributed by atoms with van der Waals surface area (Å²) >= 11 is 0. The average Bonchev–Trinajstić information content (AvgIpc) is 2.97. The van der Waals surface area contributed by atoms with E-state index < -0.39 is 0 Å². The topological polar surface area (TPSA) is 71.5 Å². The number of carbonyl (C=O) groups excluding carboxylic acids is 1. The summed E-state index contributed by atoms with van der Waals surface area (Å²) in [6.07, 6.45) is 7.44. The molecule has 2 aromatic rings. The van der Waals surface area contributed by atoms with E-state index in [1.165, 1.54) is 6.20 Å². The van der Waals surface area contributed by atoms with E-state index in [1.807, 2.05) is 29.3 Å². The Labute approximate surface area is 146 Å². The third-order valence-electron chi connectivity index (χ3n) is 4.92. The molecule has 2 aliphatic heterocycles. The lowest BCUT2D eigenvalue weighted by Gasteiger charge is -2.31. The molecule has 0 bridgehead atoms. The molecule has 1 amide bonds. The third-order valence-corrected chi connectivity index (χ3v) is 4.92. The summed E-state index contributed by atoms with van der Waals surface area (Å²) < 4.78 is 5.86. The minimum Gasteiger partial charge on any atom is -0.379 e. The van der Waals surface area contributed by atoms with Gasteiger partial charge in [0, 0.05) is 50.2 Å². The number of rotatable bonds is 2. The molecule has 1 unspecified atom stereocenters. The first kappa shape index (κ1) is 16.0. The van der Waals surface area contributed by atoms with Gasteiger partial charge in [0.15, 0.2) is 0 Å². The Kier molecular flexibility index (Phi) is 4.31. The van der Waals surface area contributed by atoms with Crippen molar-refractivity contribution in [3.05, 3.63) is 48.7 Å². The van der Waals surface area contributed by atoms with Gasteiger partial charge in [0.2, 0.25) is 0 Å². The molecule has 1 spiro atoms. The van der Waals surface area contributed by atoms with Crippen molar-refractivity contribution in [2.45, 2.75) is 6.42 Å². The number of amides is 1. The highest BCUT2D eigenvalue weighted by molar-refractivity contribution is 5.92. The van der Waals surface area contributed by atoms with E-state index in [-0.39, 0.29) is 11.3 Å². The Morgan fingerprint density at radius 1 is 1.12 bits per heavy atom. The normalized spacial score (nSPS) is 23.7. The van der Waals surface area contributed by atoms with Crippen LogP contribution in [0, 0.1) is 5.41 Å². The van der Waals surface area contributed by atoms with Crippen LogP contribution in [0.2, 0.25) is 0 Å². The lowest BCUT2D eigenvalue weighted by molar-refractivity contribution is 0.0685. The van der Waals surface area contributed by atoms with Crippen molar-refractivity contribution in [3.63, 3.8) is 0 Å². The fourth-order valence-electron chi connectivity index (χ4n) is 3.66. The van der Waals surface area contributed by atoms with E-state index in [1.54, 1.807) is 12.4 Å². The highest BCUT2D eigenvalue weighted by atomic mass is 16.5. The Balaban J connectivity index is 1.51. The van der Waals surface area contributed by atoms with Crippen molar-refractivity contribution in [2.24, 2.45) is 5.41 Å². The van der Waals surface area contributed by atoms with Gasteiger partial charge in [-0.05, 0) is 18.6 Å². The Morgan fingerprint density at radius 3 is 2.88 bits per heavy atom. The van der Waals surface area contributed by atoms with Crippen LogP contribution in [0.25, 0.3) is 0 Å². The first-order chi connectivity index (χ1) is 12.3. The third kappa shape index (κ3) is 3.32. The zero-order chi connectivity index (χ0) is 17.1. The monoisotopic (exact) mass is 339 g/mol. The smallest absolute Gasteiger partial charge is 0.274 e. The molecule has 2 aliphatic rings. The van der Waals surface area contributed by atoms with Crippen molar-refractivity contribution in [3.8, 4) is 0 Å². The van der Waals surface area contributed by atoms with Crippen molar-refractivity contribution in [2.75, 3.05) is 44.3 Å². The number of pyridine rings is 1. The average molecular weight is 339 g/mol. The van der Waals surface area contributed by atoms with Gasteiger partial charge in [-0.25, -0.2) is 9.97 Å². The van der Waals surface area contributed by atoms with Gasteiger partial charge in [0.05, 0.1) is 19.4 Å². The van der Waals surface area contributed by atoms with Crippen LogP contribution in [0.1, 0.15) is 16.9 Å². The van der Waals surface area contributed by atoms with Gasteiger partial charge in [0.25, 0.3) is 5.91 Å². The van der Waals surface area contributed by atoms with Gasteiger partial charge in [0.1, 0.15) is 11.5 Å². The van der Waals surface area contributed by atoms with Gasteiger partial charge < -0.3 is 14.5 Å². The molecular weight excluding hydrogens is 318 g/mol. The Hall–Kier alpha value is -2.54. The predicted octanol–water partition coefficient (Wildman–Crippen LogP) is 1.24. The molecule has 2 saturated heterocycles. The second-order valence-electron chi connectivity index (χ2n) is 6.73. The van der Waals surface area contributed by atoms with Crippen molar-refractivity contribution >= 4 is 11.7 Å². The Morgan fingerprint density at radius 2 is 2.08 bits per heavy atom. The SMILES string of the molecule is O=C(c1cnccn1)N1CCOCC2(CCN(c3ccccn3)C2)C1. The molecule has 130 valence electrons. The molecule has 7 nitrogen and oxygen atoms in total. The molecule has 0 aromatic carbocycles. The van der Waals surface area contributed by atoms with Crippen molar-refractivity contribution in [1.82, 2.24) is 19.9 Å². The number of hydrogen-bond donors (Lipinski definition) is 0. The summed E-state index contributed by atoms with van der Waals surface area (Å²) in [4.78, 5) is 29.5. The van der Waals surface area contributed by atoms with E-state index in [9.17, 15) is 4.79 Å². The molecule has 4 heterocycles. The van der Waals surface area contributed by atoms with Crippen molar-refractivity contribution in [1.29, 1.82) is 0 Å². The summed E-state index contributed by atoms with van der Waals surface area (Å²) in [5.74, 6) is 0.907.